The second kappa shape index (κ2) is 3.49. The summed E-state index contributed by atoms with van der Waals surface area (Å²) in [7, 11) is 1.80. The van der Waals surface area contributed by atoms with E-state index < -0.39 is 4.92 Å². The summed E-state index contributed by atoms with van der Waals surface area (Å²) in [5.41, 5.74) is 1.68. The first-order valence-corrected chi connectivity index (χ1v) is 4.27. The van der Waals surface area contributed by atoms with Crippen molar-refractivity contribution >= 4 is 5.82 Å². The molecule has 6 heteroatoms. The van der Waals surface area contributed by atoms with Gasteiger partial charge in [0.15, 0.2) is 0 Å². The molecular weight excluding hydrogens is 196 g/mol. The zero-order valence-electron chi connectivity index (χ0n) is 7.99. The monoisotopic (exact) mass is 204 g/mol. The Bertz CT molecular complexity index is 489. The van der Waals surface area contributed by atoms with Gasteiger partial charge in [0.1, 0.15) is 6.20 Å². The van der Waals surface area contributed by atoms with Crippen molar-refractivity contribution in [3.63, 3.8) is 0 Å². The van der Waals surface area contributed by atoms with E-state index in [1.165, 1.54) is 12.3 Å². The summed E-state index contributed by atoms with van der Waals surface area (Å²) in [4.78, 5) is 13.6. The van der Waals surface area contributed by atoms with Gasteiger partial charge in [-0.05, 0) is 22.0 Å². The summed E-state index contributed by atoms with van der Waals surface area (Å²) in [6.45, 7) is 0. The van der Waals surface area contributed by atoms with E-state index >= 15 is 0 Å². The molecule has 2 aromatic heterocycles. The van der Waals surface area contributed by atoms with Crippen molar-refractivity contribution < 1.29 is 4.92 Å². The maximum Gasteiger partial charge on any atom is 0.363 e. The quantitative estimate of drug-likeness (QED) is 0.547. The molecule has 0 aliphatic heterocycles. The molecule has 6 nitrogen and oxygen atoms in total. The van der Waals surface area contributed by atoms with Gasteiger partial charge in [0.05, 0.1) is 5.69 Å². The van der Waals surface area contributed by atoms with Crippen molar-refractivity contribution in [1.82, 2.24) is 14.8 Å². The molecule has 0 amide bonds. The Morgan fingerprint density at radius 2 is 2.20 bits per heavy atom. The van der Waals surface area contributed by atoms with Gasteiger partial charge < -0.3 is 10.1 Å². The molecule has 0 unspecified atom stereocenters. The van der Waals surface area contributed by atoms with Gasteiger partial charge in [-0.1, -0.05) is 0 Å². The van der Waals surface area contributed by atoms with Gasteiger partial charge >= 0.3 is 5.82 Å². The lowest BCUT2D eigenvalue weighted by Gasteiger charge is -1.98. The average Bonchev–Trinajstić information content (AvgIpc) is 2.65. The number of nitro groups is 1. The molecular formula is C9H8N4O2. The van der Waals surface area contributed by atoms with Crippen LogP contribution in [0, 0.1) is 10.1 Å². The van der Waals surface area contributed by atoms with E-state index in [9.17, 15) is 10.1 Å². The van der Waals surface area contributed by atoms with Crippen LogP contribution in [0.4, 0.5) is 5.82 Å². The minimum absolute atomic E-state index is 0.152. The van der Waals surface area contributed by atoms with Crippen LogP contribution in [0.5, 0.6) is 0 Å². The van der Waals surface area contributed by atoms with Crippen molar-refractivity contribution in [1.29, 1.82) is 0 Å². The third kappa shape index (κ3) is 1.69. The molecule has 2 heterocycles. The largest absolute Gasteiger partial charge is 0.363 e. The van der Waals surface area contributed by atoms with Crippen molar-refractivity contribution in [3.8, 4) is 11.3 Å². The average molecular weight is 204 g/mol. The molecule has 0 saturated heterocycles. The molecule has 0 atom stereocenters. The van der Waals surface area contributed by atoms with Gasteiger partial charge in [-0.15, -0.1) is 0 Å². The molecule has 0 N–H and O–H groups in total. The molecule has 15 heavy (non-hydrogen) atoms. The van der Waals surface area contributed by atoms with Gasteiger partial charge in [0.2, 0.25) is 0 Å². The minimum Gasteiger partial charge on any atom is -0.358 e. The SMILES string of the molecule is Cn1nccc1-c1ccc([N+](=O)[O-])nc1. The number of aromatic nitrogens is 3. The third-order valence-corrected chi connectivity index (χ3v) is 2.05. The maximum absolute atomic E-state index is 10.4. The second-order valence-electron chi connectivity index (χ2n) is 3.00. The van der Waals surface area contributed by atoms with Crippen LogP contribution in [-0.4, -0.2) is 19.7 Å². The molecule has 2 aromatic rings. The lowest BCUT2D eigenvalue weighted by atomic mass is 10.2. The van der Waals surface area contributed by atoms with E-state index in [-0.39, 0.29) is 5.82 Å². The van der Waals surface area contributed by atoms with Gasteiger partial charge in [0, 0.05) is 24.9 Å². The fourth-order valence-electron chi connectivity index (χ4n) is 1.30. The molecule has 0 aromatic carbocycles. The molecule has 76 valence electrons. The highest BCUT2D eigenvalue weighted by atomic mass is 16.6. The van der Waals surface area contributed by atoms with Crippen LogP contribution >= 0.6 is 0 Å². The lowest BCUT2D eigenvalue weighted by Crippen LogP contribution is -1.95. The predicted octanol–water partition coefficient (Wildman–Crippen LogP) is 1.39. The van der Waals surface area contributed by atoms with Crippen molar-refractivity contribution in [2.24, 2.45) is 7.05 Å². The Kier molecular flexibility index (Phi) is 2.17. The molecule has 0 aliphatic rings. The van der Waals surface area contributed by atoms with Crippen LogP contribution in [0.2, 0.25) is 0 Å². The van der Waals surface area contributed by atoms with E-state index in [0.29, 0.717) is 0 Å². The third-order valence-electron chi connectivity index (χ3n) is 2.05. The van der Waals surface area contributed by atoms with E-state index in [4.69, 9.17) is 0 Å². The van der Waals surface area contributed by atoms with Crippen molar-refractivity contribution in [3.05, 3.63) is 40.7 Å². The first kappa shape index (κ1) is 9.32. The summed E-state index contributed by atoms with van der Waals surface area (Å²) < 4.78 is 1.68. The summed E-state index contributed by atoms with van der Waals surface area (Å²) in [5, 5.41) is 14.4. The standard InChI is InChI=1S/C9H8N4O2/c1-12-8(4-5-11-12)7-2-3-9(10-6-7)13(14)15/h2-6H,1H3. The topological polar surface area (TPSA) is 73.8 Å². The zero-order chi connectivity index (χ0) is 10.8. The van der Waals surface area contributed by atoms with E-state index in [1.807, 2.05) is 6.07 Å². The lowest BCUT2D eigenvalue weighted by molar-refractivity contribution is -0.389. The van der Waals surface area contributed by atoms with Crippen LogP contribution < -0.4 is 0 Å². The number of hydrogen-bond donors (Lipinski definition) is 0. The van der Waals surface area contributed by atoms with Gasteiger partial charge in [-0.25, -0.2) is 0 Å². The number of hydrogen-bond acceptors (Lipinski definition) is 4. The second-order valence-corrected chi connectivity index (χ2v) is 3.00. The van der Waals surface area contributed by atoms with Crippen LogP contribution in [0.15, 0.2) is 30.6 Å². The number of nitrogens with zero attached hydrogens (tertiary/aromatic N) is 4. The smallest absolute Gasteiger partial charge is 0.358 e. The Morgan fingerprint density at radius 3 is 2.67 bits per heavy atom. The van der Waals surface area contributed by atoms with Crippen LogP contribution in [0.25, 0.3) is 11.3 Å². The van der Waals surface area contributed by atoms with Crippen LogP contribution in [0.3, 0.4) is 0 Å². The summed E-state index contributed by atoms with van der Waals surface area (Å²) in [5.74, 6) is -0.152. The Balaban J connectivity index is 2.40. The number of pyridine rings is 1. The molecule has 0 aliphatic carbocycles. The van der Waals surface area contributed by atoms with Crippen LogP contribution in [-0.2, 0) is 7.05 Å². The maximum atomic E-state index is 10.4. The first-order valence-electron chi connectivity index (χ1n) is 4.27. The Morgan fingerprint density at radius 1 is 1.40 bits per heavy atom. The van der Waals surface area contributed by atoms with Crippen molar-refractivity contribution in [2.45, 2.75) is 0 Å². The van der Waals surface area contributed by atoms with Gasteiger partial charge in [-0.2, -0.15) is 5.10 Å². The van der Waals surface area contributed by atoms with E-state index in [2.05, 4.69) is 10.1 Å². The van der Waals surface area contributed by atoms with Gasteiger partial charge in [-0.3, -0.25) is 4.68 Å². The summed E-state index contributed by atoms with van der Waals surface area (Å²) >= 11 is 0. The molecule has 0 spiro atoms. The molecule has 0 saturated carbocycles. The molecule has 0 bridgehead atoms. The Labute approximate surface area is 85.3 Å². The summed E-state index contributed by atoms with van der Waals surface area (Å²) in [6, 6.07) is 4.85. The molecule has 0 fully saturated rings. The fourth-order valence-corrected chi connectivity index (χ4v) is 1.30. The normalized spacial score (nSPS) is 10.2. The number of rotatable bonds is 2. The molecule has 0 radical (unpaired) electrons. The highest BCUT2D eigenvalue weighted by Crippen LogP contribution is 2.18. The molecule has 2 rings (SSSR count). The highest BCUT2D eigenvalue weighted by molar-refractivity contribution is 5.58. The summed E-state index contributed by atoms with van der Waals surface area (Å²) in [6.07, 6.45) is 3.13. The zero-order valence-corrected chi connectivity index (χ0v) is 7.99. The van der Waals surface area contributed by atoms with E-state index in [0.717, 1.165) is 11.3 Å². The van der Waals surface area contributed by atoms with Crippen molar-refractivity contribution in [2.75, 3.05) is 0 Å². The predicted molar refractivity (Wildman–Crippen MR) is 53.1 cm³/mol. The van der Waals surface area contributed by atoms with Gasteiger partial charge in [0.25, 0.3) is 0 Å². The van der Waals surface area contributed by atoms with Crippen LogP contribution in [0.1, 0.15) is 0 Å². The number of aryl methyl sites for hydroxylation is 1. The minimum atomic E-state index is -0.521. The van der Waals surface area contributed by atoms with E-state index in [1.54, 1.807) is 24.0 Å². The first-order chi connectivity index (χ1) is 7.18. The fraction of sp³-hybridized carbons (Fsp3) is 0.111. The highest BCUT2D eigenvalue weighted by Gasteiger charge is 2.09. The Hall–Kier alpha value is -2.24.